The number of aryl methyl sites for hydroxylation is 1. The van der Waals surface area contributed by atoms with E-state index in [2.05, 4.69) is 0 Å². The summed E-state index contributed by atoms with van der Waals surface area (Å²) in [6, 6.07) is 5.78. The van der Waals surface area contributed by atoms with E-state index in [0.717, 1.165) is 18.7 Å². The van der Waals surface area contributed by atoms with Crippen molar-refractivity contribution >= 4 is 20.0 Å². The molecule has 1 aliphatic rings. The van der Waals surface area contributed by atoms with Crippen molar-refractivity contribution in [1.82, 2.24) is 0 Å². The van der Waals surface area contributed by atoms with Gasteiger partial charge in [0.1, 0.15) is 23.2 Å². The summed E-state index contributed by atoms with van der Waals surface area (Å²) in [5, 5.41) is 0. The maximum Gasteiger partial charge on any atom is 0.205 e. The van der Waals surface area contributed by atoms with E-state index in [9.17, 15) is 21.4 Å². The lowest BCUT2D eigenvalue weighted by Gasteiger charge is -2.38. The van der Waals surface area contributed by atoms with E-state index in [1.54, 1.807) is 32.9 Å². The van der Waals surface area contributed by atoms with Crippen molar-refractivity contribution in [2.45, 2.75) is 37.3 Å². The van der Waals surface area contributed by atoms with Crippen molar-refractivity contribution in [3.63, 3.8) is 0 Å². The normalized spacial score (nSPS) is 17.9. The minimum atomic E-state index is -4.27. The van der Waals surface area contributed by atoms with Gasteiger partial charge < -0.3 is 13.8 Å². The van der Waals surface area contributed by atoms with Gasteiger partial charge in [-0.05, 0) is 39.8 Å². The van der Waals surface area contributed by atoms with Crippen LogP contribution >= 0.6 is 0 Å². The predicted octanol–water partition coefficient (Wildman–Crippen LogP) is 1.53. The molecule has 1 saturated heterocycles. The van der Waals surface area contributed by atoms with E-state index in [0.29, 0.717) is 17.7 Å². The van der Waals surface area contributed by atoms with Crippen LogP contribution in [-0.2, 0) is 24.7 Å². The van der Waals surface area contributed by atoms with Gasteiger partial charge in [-0.1, -0.05) is 17.7 Å². The summed E-state index contributed by atoms with van der Waals surface area (Å²) >= 11 is 0. The molecular formula is C17H29NO6S2. The zero-order valence-electron chi connectivity index (χ0n) is 16.1. The third-order valence-corrected chi connectivity index (χ3v) is 7.95. The fourth-order valence-electron chi connectivity index (χ4n) is 2.22. The molecule has 0 radical (unpaired) electrons. The average Bonchev–Trinajstić information content (AvgIpc) is 2.46. The molecule has 1 aromatic carbocycles. The molecule has 0 unspecified atom stereocenters. The van der Waals surface area contributed by atoms with Crippen molar-refractivity contribution in [2.75, 3.05) is 39.2 Å². The van der Waals surface area contributed by atoms with Crippen LogP contribution in [0.4, 0.5) is 0 Å². The highest BCUT2D eigenvalue weighted by Crippen LogP contribution is 2.20. The molecule has 0 bridgehead atoms. The Morgan fingerprint density at radius 3 is 1.88 bits per heavy atom. The molecule has 0 atom stereocenters. The van der Waals surface area contributed by atoms with Crippen LogP contribution in [0.15, 0.2) is 29.2 Å². The number of benzene rings is 1. The average molecular weight is 408 g/mol. The molecular weight excluding hydrogens is 378 g/mol. The molecule has 7 nitrogen and oxygen atoms in total. The Balaban J connectivity index is 0.000000273. The SMILES string of the molecule is CC(C)(C)S(=O)(=O)C[N+]1(C)CCOCC1.Cc1ccc(S(=O)(=O)[O-])cc1. The number of hydrogen-bond acceptors (Lipinski definition) is 6. The van der Waals surface area contributed by atoms with Crippen molar-refractivity contribution in [2.24, 2.45) is 0 Å². The zero-order valence-corrected chi connectivity index (χ0v) is 17.7. The second kappa shape index (κ2) is 8.35. The Labute approximate surface area is 157 Å². The summed E-state index contributed by atoms with van der Waals surface area (Å²) in [5.74, 6) is 0.222. The van der Waals surface area contributed by atoms with Crippen LogP contribution in [0.2, 0.25) is 0 Å². The molecule has 0 aromatic heterocycles. The smallest absolute Gasteiger partial charge is 0.205 e. The molecule has 0 saturated carbocycles. The van der Waals surface area contributed by atoms with Gasteiger partial charge in [-0.15, -0.1) is 0 Å². The van der Waals surface area contributed by atoms with Gasteiger partial charge in [-0.3, -0.25) is 0 Å². The van der Waals surface area contributed by atoms with Crippen molar-refractivity contribution < 1.29 is 30.6 Å². The molecule has 1 aromatic rings. The van der Waals surface area contributed by atoms with Gasteiger partial charge in [0.15, 0.2) is 5.88 Å². The molecule has 1 heterocycles. The largest absolute Gasteiger partial charge is 0.744 e. The first-order chi connectivity index (χ1) is 11.7. The number of rotatable bonds is 3. The third-order valence-electron chi connectivity index (χ3n) is 4.28. The van der Waals surface area contributed by atoms with Crippen molar-refractivity contribution in [3.8, 4) is 0 Å². The van der Waals surface area contributed by atoms with Crippen molar-refractivity contribution in [1.29, 1.82) is 0 Å². The van der Waals surface area contributed by atoms with E-state index >= 15 is 0 Å². The van der Waals surface area contributed by atoms with Gasteiger partial charge >= 0.3 is 0 Å². The molecule has 26 heavy (non-hydrogen) atoms. The number of hydrogen-bond donors (Lipinski definition) is 0. The summed E-state index contributed by atoms with van der Waals surface area (Å²) in [7, 11) is -5.32. The summed E-state index contributed by atoms with van der Waals surface area (Å²) in [4.78, 5) is -0.178. The van der Waals surface area contributed by atoms with Gasteiger partial charge in [0, 0.05) is 0 Å². The summed E-state index contributed by atoms with van der Waals surface area (Å²) in [6.07, 6.45) is 0. The van der Waals surface area contributed by atoms with E-state index in [4.69, 9.17) is 4.74 Å². The Morgan fingerprint density at radius 1 is 1.04 bits per heavy atom. The van der Waals surface area contributed by atoms with Crippen molar-refractivity contribution in [3.05, 3.63) is 29.8 Å². The minimum absolute atomic E-state index is 0.178. The number of quaternary nitrogens is 1. The van der Waals surface area contributed by atoms with Crippen LogP contribution in [-0.4, -0.2) is 69.8 Å². The second-order valence-corrected chi connectivity index (χ2v) is 11.9. The van der Waals surface area contributed by atoms with Gasteiger partial charge in [0.25, 0.3) is 0 Å². The minimum Gasteiger partial charge on any atom is -0.744 e. The maximum atomic E-state index is 12.1. The Hall–Kier alpha value is -1.00. The fraction of sp³-hybridized carbons (Fsp3) is 0.647. The lowest BCUT2D eigenvalue weighted by Crippen LogP contribution is -2.56. The first kappa shape index (κ1) is 23.0. The topological polar surface area (TPSA) is 101 Å². The highest BCUT2D eigenvalue weighted by atomic mass is 32.2. The quantitative estimate of drug-likeness (QED) is 0.556. The fourth-order valence-corrected chi connectivity index (χ4v) is 4.16. The highest BCUT2D eigenvalue weighted by molar-refractivity contribution is 7.92. The third kappa shape index (κ3) is 6.96. The lowest BCUT2D eigenvalue weighted by molar-refractivity contribution is -0.905. The Bertz CT molecular complexity index is 787. The first-order valence-corrected chi connectivity index (χ1v) is 11.4. The molecule has 1 aliphatic heterocycles. The van der Waals surface area contributed by atoms with Crippen LogP contribution in [0, 0.1) is 6.92 Å². The molecule has 0 spiro atoms. The highest BCUT2D eigenvalue weighted by Gasteiger charge is 2.38. The van der Waals surface area contributed by atoms with Gasteiger partial charge in [-0.2, -0.15) is 0 Å². The molecule has 2 rings (SSSR count). The van der Waals surface area contributed by atoms with Crippen LogP contribution < -0.4 is 0 Å². The lowest BCUT2D eigenvalue weighted by atomic mass is 10.2. The van der Waals surface area contributed by atoms with E-state index in [1.807, 2.05) is 14.0 Å². The molecule has 0 aliphatic carbocycles. The monoisotopic (exact) mass is 407 g/mol. The Morgan fingerprint density at radius 2 is 1.50 bits per heavy atom. The predicted molar refractivity (Wildman–Crippen MR) is 99.4 cm³/mol. The van der Waals surface area contributed by atoms with Crippen LogP contribution in [0.3, 0.4) is 0 Å². The van der Waals surface area contributed by atoms with E-state index in [-0.39, 0.29) is 10.8 Å². The maximum absolute atomic E-state index is 12.1. The summed E-state index contributed by atoms with van der Waals surface area (Å²) in [6.45, 7) is 10.00. The number of ether oxygens (including phenoxy) is 1. The molecule has 0 N–H and O–H groups in total. The standard InChI is InChI=1S/C10H22NO3S.C7H8O3S/c1-10(2,3)15(12,13)9-11(4)5-7-14-8-6-11;1-6-2-4-7(5-3-6)11(8,9)10/h5-9H2,1-4H3;2-5H,1H3,(H,8,9,10)/q+1;/p-1. The van der Waals surface area contributed by atoms with E-state index in [1.165, 1.54) is 12.1 Å². The zero-order chi connectivity index (χ0) is 20.2. The summed E-state index contributed by atoms with van der Waals surface area (Å²) < 4.78 is 60.5. The number of morpholine rings is 1. The number of nitrogens with zero attached hydrogens (tertiary/aromatic N) is 1. The van der Waals surface area contributed by atoms with Crippen LogP contribution in [0.1, 0.15) is 26.3 Å². The van der Waals surface area contributed by atoms with Gasteiger partial charge in [-0.25, -0.2) is 16.8 Å². The van der Waals surface area contributed by atoms with Gasteiger partial charge in [0.2, 0.25) is 9.84 Å². The number of sulfone groups is 1. The van der Waals surface area contributed by atoms with E-state index < -0.39 is 24.7 Å². The van der Waals surface area contributed by atoms with Crippen LogP contribution in [0.25, 0.3) is 0 Å². The summed E-state index contributed by atoms with van der Waals surface area (Å²) in [5.41, 5.74) is 0.928. The molecule has 1 fully saturated rings. The van der Waals surface area contributed by atoms with Gasteiger partial charge in [0.05, 0.1) is 29.9 Å². The van der Waals surface area contributed by atoms with Crippen LogP contribution in [0.5, 0.6) is 0 Å². The second-order valence-electron chi connectivity index (χ2n) is 7.80. The molecule has 150 valence electrons. The molecule has 9 heteroatoms. The Kier molecular flexibility index (Phi) is 7.40. The molecule has 0 amide bonds. The number of likely N-dealkylation sites (N-methyl/N-ethyl adjacent to an activating group) is 1. The first-order valence-electron chi connectivity index (χ1n) is 8.32.